The van der Waals surface area contributed by atoms with Crippen LogP contribution in [0.2, 0.25) is 0 Å². The number of carbonyl (C=O) groups is 1. The lowest BCUT2D eigenvalue weighted by Crippen LogP contribution is -2.36. The summed E-state index contributed by atoms with van der Waals surface area (Å²) in [6, 6.07) is 8.80. The standard InChI is InChI=1S/C14H16N2O4S/c17-13(10-4-2-1-3-5-10)14(18)15-6-11-8-16(21(19)20)9-12(11)7-15/h1-5,13,17,21H,6-9H2. The minimum absolute atomic E-state index is 0.339. The Morgan fingerprint density at radius 1 is 1.05 bits per heavy atom. The molecule has 0 fully saturated rings. The van der Waals surface area contributed by atoms with Crippen molar-refractivity contribution in [1.82, 2.24) is 9.21 Å². The SMILES string of the molecule is O=C(C(O)c1ccccc1)N1CC2=C(C1)CN([SH](=O)=O)C2. The molecule has 6 nitrogen and oxygen atoms in total. The Balaban J connectivity index is 1.65. The van der Waals surface area contributed by atoms with Crippen LogP contribution in [0.15, 0.2) is 41.5 Å². The second-order valence-electron chi connectivity index (χ2n) is 5.28. The third-order valence-electron chi connectivity index (χ3n) is 3.90. The highest BCUT2D eigenvalue weighted by atomic mass is 32.2. The Kier molecular flexibility index (Phi) is 3.79. The molecule has 1 aromatic rings. The van der Waals surface area contributed by atoms with Crippen molar-refractivity contribution in [2.45, 2.75) is 6.10 Å². The van der Waals surface area contributed by atoms with Crippen molar-refractivity contribution in [2.75, 3.05) is 26.2 Å². The van der Waals surface area contributed by atoms with E-state index in [9.17, 15) is 18.3 Å². The van der Waals surface area contributed by atoms with Gasteiger partial charge in [0.15, 0.2) is 6.10 Å². The molecule has 0 saturated carbocycles. The third kappa shape index (κ3) is 2.72. The maximum Gasteiger partial charge on any atom is 0.256 e. The van der Waals surface area contributed by atoms with E-state index in [4.69, 9.17) is 0 Å². The van der Waals surface area contributed by atoms with Gasteiger partial charge in [-0.05, 0) is 16.7 Å². The normalized spacial score (nSPS) is 20.2. The molecule has 0 radical (unpaired) electrons. The fraction of sp³-hybridized carbons (Fsp3) is 0.357. The van der Waals surface area contributed by atoms with Crippen LogP contribution in [0.3, 0.4) is 0 Å². The Hall–Kier alpha value is -1.70. The van der Waals surface area contributed by atoms with Gasteiger partial charge in [-0.1, -0.05) is 30.3 Å². The van der Waals surface area contributed by atoms with E-state index in [1.807, 2.05) is 6.07 Å². The zero-order valence-corrected chi connectivity index (χ0v) is 12.2. The average molecular weight is 308 g/mol. The van der Waals surface area contributed by atoms with Crippen molar-refractivity contribution in [1.29, 1.82) is 0 Å². The molecule has 112 valence electrons. The lowest BCUT2D eigenvalue weighted by atomic mass is 10.1. The van der Waals surface area contributed by atoms with Gasteiger partial charge in [0.05, 0.1) is 0 Å². The van der Waals surface area contributed by atoms with E-state index >= 15 is 0 Å². The van der Waals surface area contributed by atoms with Crippen LogP contribution in [0.25, 0.3) is 0 Å². The molecular weight excluding hydrogens is 292 g/mol. The number of benzene rings is 1. The third-order valence-corrected chi connectivity index (χ3v) is 4.65. The predicted octanol–water partition coefficient (Wildman–Crippen LogP) is -0.299. The molecule has 2 heterocycles. The van der Waals surface area contributed by atoms with Gasteiger partial charge in [0.25, 0.3) is 5.91 Å². The van der Waals surface area contributed by atoms with E-state index in [0.717, 1.165) is 11.1 Å². The zero-order chi connectivity index (χ0) is 15.0. The van der Waals surface area contributed by atoms with Crippen LogP contribution in [0.5, 0.6) is 0 Å². The first kappa shape index (κ1) is 14.2. The number of carbonyl (C=O) groups excluding carboxylic acids is 1. The molecule has 1 N–H and O–H groups in total. The van der Waals surface area contributed by atoms with Crippen LogP contribution in [0.4, 0.5) is 0 Å². The summed E-state index contributed by atoms with van der Waals surface area (Å²) in [6.07, 6.45) is -1.17. The van der Waals surface area contributed by atoms with Crippen LogP contribution in [-0.4, -0.2) is 54.8 Å². The van der Waals surface area contributed by atoms with Gasteiger partial charge in [0, 0.05) is 26.2 Å². The Morgan fingerprint density at radius 3 is 2.14 bits per heavy atom. The molecule has 1 unspecified atom stereocenters. The maximum atomic E-state index is 12.3. The van der Waals surface area contributed by atoms with Crippen LogP contribution in [0, 0.1) is 0 Å². The van der Waals surface area contributed by atoms with Gasteiger partial charge in [-0.15, -0.1) is 0 Å². The van der Waals surface area contributed by atoms with E-state index in [1.54, 1.807) is 29.2 Å². The molecule has 7 heteroatoms. The topological polar surface area (TPSA) is 77.9 Å². The summed E-state index contributed by atoms with van der Waals surface area (Å²) in [6.45, 7) is 1.52. The molecule has 0 aliphatic carbocycles. The van der Waals surface area contributed by atoms with Gasteiger partial charge in [-0.3, -0.25) is 4.79 Å². The van der Waals surface area contributed by atoms with E-state index < -0.39 is 17.0 Å². The molecule has 0 bridgehead atoms. The molecule has 1 aromatic carbocycles. The molecule has 0 aromatic heterocycles. The highest BCUT2D eigenvalue weighted by molar-refractivity contribution is 7.69. The van der Waals surface area contributed by atoms with Gasteiger partial charge in [-0.2, -0.15) is 4.31 Å². The number of thiol groups is 1. The second kappa shape index (κ2) is 5.59. The maximum absolute atomic E-state index is 12.3. The Labute approximate surface area is 124 Å². The molecule has 1 atom stereocenters. The average Bonchev–Trinajstić information content (AvgIpc) is 3.05. The summed E-state index contributed by atoms with van der Waals surface area (Å²) >= 11 is 0. The van der Waals surface area contributed by atoms with Crippen LogP contribution >= 0.6 is 0 Å². The molecule has 0 saturated heterocycles. The van der Waals surface area contributed by atoms with Gasteiger partial charge in [-0.25, -0.2) is 8.42 Å². The second-order valence-corrected chi connectivity index (χ2v) is 6.32. The Bertz CT molecular complexity index is 643. The smallest absolute Gasteiger partial charge is 0.256 e. The fourth-order valence-corrected chi connectivity index (χ4v) is 3.35. The molecule has 3 rings (SSSR count). The lowest BCUT2D eigenvalue weighted by Gasteiger charge is -2.23. The first-order chi connectivity index (χ1) is 10.1. The minimum Gasteiger partial charge on any atom is -0.378 e. The number of aliphatic hydroxyl groups excluding tert-OH is 1. The molecule has 21 heavy (non-hydrogen) atoms. The fourth-order valence-electron chi connectivity index (χ4n) is 2.78. The van der Waals surface area contributed by atoms with Crippen molar-refractivity contribution >= 4 is 16.8 Å². The van der Waals surface area contributed by atoms with E-state index in [2.05, 4.69) is 0 Å². The monoisotopic (exact) mass is 308 g/mol. The highest BCUT2D eigenvalue weighted by Gasteiger charge is 2.35. The first-order valence-corrected chi connectivity index (χ1v) is 7.80. The molecule has 1 amide bonds. The van der Waals surface area contributed by atoms with E-state index in [0.29, 0.717) is 31.7 Å². The van der Waals surface area contributed by atoms with Crippen molar-refractivity contribution < 1.29 is 18.3 Å². The summed E-state index contributed by atoms with van der Waals surface area (Å²) < 4.78 is 23.3. The van der Waals surface area contributed by atoms with Crippen molar-refractivity contribution in [3.8, 4) is 0 Å². The number of rotatable bonds is 3. The minimum atomic E-state index is -2.57. The Morgan fingerprint density at radius 2 is 1.62 bits per heavy atom. The summed E-state index contributed by atoms with van der Waals surface area (Å²) in [5, 5.41) is 10.1. The van der Waals surface area contributed by atoms with Gasteiger partial charge >= 0.3 is 0 Å². The number of hydrogen-bond donors (Lipinski definition) is 2. The summed E-state index contributed by atoms with van der Waals surface area (Å²) in [5.41, 5.74) is 2.52. The first-order valence-electron chi connectivity index (χ1n) is 6.67. The predicted molar refractivity (Wildman–Crippen MR) is 76.9 cm³/mol. The van der Waals surface area contributed by atoms with Crippen LogP contribution in [-0.2, 0) is 15.7 Å². The van der Waals surface area contributed by atoms with Gasteiger partial charge in [0.1, 0.15) is 0 Å². The number of hydrogen-bond acceptors (Lipinski definition) is 4. The summed E-state index contributed by atoms with van der Waals surface area (Å²) in [4.78, 5) is 13.9. The lowest BCUT2D eigenvalue weighted by molar-refractivity contribution is -0.139. The highest BCUT2D eigenvalue weighted by Crippen LogP contribution is 2.27. The quantitative estimate of drug-likeness (QED) is 0.594. The molecular formula is C14H16N2O4S. The van der Waals surface area contributed by atoms with Crippen LogP contribution < -0.4 is 0 Å². The van der Waals surface area contributed by atoms with Crippen molar-refractivity contribution in [2.24, 2.45) is 0 Å². The molecule has 2 aliphatic heterocycles. The summed E-state index contributed by atoms with van der Waals surface area (Å²) in [7, 11) is -2.57. The van der Waals surface area contributed by atoms with Crippen molar-refractivity contribution in [3.05, 3.63) is 47.0 Å². The van der Waals surface area contributed by atoms with E-state index in [-0.39, 0.29) is 5.91 Å². The van der Waals surface area contributed by atoms with Crippen molar-refractivity contribution in [3.63, 3.8) is 0 Å². The number of amides is 1. The molecule has 2 aliphatic rings. The number of aliphatic hydroxyl groups is 1. The van der Waals surface area contributed by atoms with Gasteiger partial charge < -0.3 is 10.0 Å². The molecule has 0 spiro atoms. The zero-order valence-electron chi connectivity index (χ0n) is 11.3. The van der Waals surface area contributed by atoms with E-state index in [1.165, 1.54) is 4.31 Å². The van der Waals surface area contributed by atoms with Crippen LogP contribution in [0.1, 0.15) is 11.7 Å². The van der Waals surface area contributed by atoms with Gasteiger partial charge in [0.2, 0.25) is 10.9 Å². The largest absolute Gasteiger partial charge is 0.378 e. The summed E-state index contributed by atoms with van der Waals surface area (Å²) in [5.74, 6) is -0.339. The number of nitrogens with zero attached hydrogens (tertiary/aromatic N) is 2.